The number of carbonyl (C=O) groups is 2. The SMILES string of the molecule is NC(C(=O)O)C(=O)NCc1ccc2c(c1)CCO2. The standard InChI is InChI=1S/C12H14N2O4/c13-10(12(16)17)11(15)14-6-7-1-2-9-8(5-7)3-4-18-9/h1-2,5,10H,3-4,6,13H2,(H,14,15)(H,16,17). The molecule has 6 heteroatoms. The van der Waals surface area contributed by atoms with Gasteiger partial charge in [0.1, 0.15) is 5.75 Å². The van der Waals surface area contributed by atoms with Crippen molar-refractivity contribution in [2.24, 2.45) is 5.73 Å². The van der Waals surface area contributed by atoms with Gasteiger partial charge in [-0.25, -0.2) is 4.79 Å². The van der Waals surface area contributed by atoms with Crippen molar-refractivity contribution < 1.29 is 19.4 Å². The van der Waals surface area contributed by atoms with E-state index < -0.39 is 17.9 Å². The van der Waals surface area contributed by atoms with Gasteiger partial charge in [-0.05, 0) is 17.2 Å². The minimum atomic E-state index is -1.53. The number of carboxylic acid groups (broad SMARTS) is 1. The van der Waals surface area contributed by atoms with Gasteiger partial charge in [0.15, 0.2) is 6.04 Å². The third kappa shape index (κ3) is 2.60. The van der Waals surface area contributed by atoms with Gasteiger partial charge in [-0.1, -0.05) is 12.1 Å². The van der Waals surface area contributed by atoms with Crippen molar-refractivity contribution >= 4 is 11.9 Å². The number of hydrogen-bond acceptors (Lipinski definition) is 4. The van der Waals surface area contributed by atoms with Gasteiger partial charge in [0.05, 0.1) is 6.61 Å². The van der Waals surface area contributed by atoms with Crippen LogP contribution in [0.15, 0.2) is 18.2 Å². The average molecular weight is 250 g/mol. The van der Waals surface area contributed by atoms with E-state index in [1.807, 2.05) is 18.2 Å². The molecule has 0 radical (unpaired) electrons. The summed E-state index contributed by atoms with van der Waals surface area (Å²) >= 11 is 0. The first-order valence-corrected chi connectivity index (χ1v) is 5.58. The van der Waals surface area contributed by atoms with E-state index in [0.717, 1.165) is 23.3 Å². The second-order valence-electron chi connectivity index (χ2n) is 4.07. The minimum absolute atomic E-state index is 0.257. The number of hydrogen-bond donors (Lipinski definition) is 3. The summed E-state index contributed by atoms with van der Waals surface area (Å²) in [6, 6.07) is 4.09. The first-order chi connectivity index (χ1) is 8.58. The smallest absolute Gasteiger partial charge is 0.330 e. The Balaban J connectivity index is 1.94. The molecule has 1 aromatic carbocycles. The van der Waals surface area contributed by atoms with Crippen LogP contribution in [0.25, 0.3) is 0 Å². The summed E-state index contributed by atoms with van der Waals surface area (Å²) < 4.78 is 5.36. The van der Waals surface area contributed by atoms with Crippen molar-refractivity contribution in [3.8, 4) is 5.75 Å². The molecule has 1 heterocycles. The number of carboxylic acids is 1. The highest BCUT2D eigenvalue weighted by Crippen LogP contribution is 2.25. The zero-order valence-corrected chi connectivity index (χ0v) is 9.68. The van der Waals surface area contributed by atoms with Crippen molar-refractivity contribution in [1.29, 1.82) is 0 Å². The molecular formula is C12H14N2O4. The second kappa shape index (κ2) is 5.05. The lowest BCUT2D eigenvalue weighted by atomic mass is 10.1. The second-order valence-corrected chi connectivity index (χ2v) is 4.07. The molecule has 0 aromatic heterocycles. The van der Waals surface area contributed by atoms with Crippen LogP contribution in [-0.2, 0) is 22.6 Å². The zero-order chi connectivity index (χ0) is 13.1. The molecule has 4 N–H and O–H groups in total. The Hall–Kier alpha value is -2.08. The van der Waals surface area contributed by atoms with E-state index in [1.165, 1.54) is 0 Å². The molecule has 96 valence electrons. The maximum Gasteiger partial charge on any atom is 0.330 e. The number of nitrogens with two attached hydrogens (primary N) is 1. The molecule has 1 atom stereocenters. The van der Waals surface area contributed by atoms with Crippen LogP contribution in [0.2, 0.25) is 0 Å². The van der Waals surface area contributed by atoms with E-state index in [0.29, 0.717) is 6.61 Å². The third-order valence-corrected chi connectivity index (χ3v) is 2.77. The number of fused-ring (bicyclic) bond motifs is 1. The van der Waals surface area contributed by atoms with E-state index in [2.05, 4.69) is 5.32 Å². The van der Waals surface area contributed by atoms with Gasteiger partial charge >= 0.3 is 5.97 Å². The molecule has 1 unspecified atom stereocenters. The van der Waals surface area contributed by atoms with Gasteiger partial charge in [0.2, 0.25) is 5.91 Å². The van der Waals surface area contributed by atoms with Crippen molar-refractivity contribution in [1.82, 2.24) is 5.32 Å². The highest BCUT2D eigenvalue weighted by Gasteiger charge is 2.20. The molecule has 1 amide bonds. The Morgan fingerprint density at radius 3 is 3.00 bits per heavy atom. The van der Waals surface area contributed by atoms with Crippen LogP contribution in [0.1, 0.15) is 11.1 Å². The van der Waals surface area contributed by atoms with Crippen molar-refractivity contribution in [3.63, 3.8) is 0 Å². The maximum atomic E-state index is 11.3. The van der Waals surface area contributed by atoms with Crippen LogP contribution in [0, 0.1) is 0 Å². The number of amides is 1. The Labute approximate surface area is 104 Å². The lowest BCUT2D eigenvalue weighted by Gasteiger charge is -2.09. The monoisotopic (exact) mass is 250 g/mol. The van der Waals surface area contributed by atoms with E-state index >= 15 is 0 Å². The summed E-state index contributed by atoms with van der Waals surface area (Å²) in [6.45, 7) is 0.933. The van der Waals surface area contributed by atoms with Gasteiger partial charge in [-0.2, -0.15) is 0 Å². The molecule has 0 fully saturated rings. The fraction of sp³-hybridized carbons (Fsp3) is 0.333. The molecule has 0 bridgehead atoms. The average Bonchev–Trinajstić information content (AvgIpc) is 2.82. The molecule has 0 aliphatic carbocycles. The lowest BCUT2D eigenvalue weighted by Crippen LogP contribution is -2.45. The first kappa shape index (κ1) is 12.4. The van der Waals surface area contributed by atoms with Crippen molar-refractivity contribution in [2.45, 2.75) is 19.0 Å². The van der Waals surface area contributed by atoms with Crippen LogP contribution in [-0.4, -0.2) is 29.6 Å². The fourth-order valence-corrected chi connectivity index (χ4v) is 1.76. The van der Waals surface area contributed by atoms with E-state index in [4.69, 9.17) is 15.6 Å². The molecule has 1 aromatic rings. The van der Waals surface area contributed by atoms with E-state index in [-0.39, 0.29) is 6.54 Å². The first-order valence-electron chi connectivity index (χ1n) is 5.58. The number of carbonyl (C=O) groups excluding carboxylic acids is 1. The Kier molecular flexibility index (Phi) is 3.47. The summed E-state index contributed by atoms with van der Waals surface area (Å²) in [4.78, 5) is 21.9. The normalized spacial score (nSPS) is 14.5. The highest BCUT2D eigenvalue weighted by atomic mass is 16.5. The number of nitrogens with one attached hydrogen (secondary N) is 1. The van der Waals surface area contributed by atoms with Crippen LogP contribution in [0.5, 0.6) is 5.75 Å². The quantitative estimate of drug-likeness (QED) is 0.634. The summed E-state index contributed by atoms with van der Waals surface area (Å²) in [6.07, 6.45) is 0.853. The molecular weight excluding hydrogens is 236 g/mol. The Morgan fingerprint density at radius 2 is 2.28 bits per heavy atom. The molecule has 0 saturated heterocycles. The predicted octanol–water partition coefficient (Wildman–Crippen LogP) is -0.350. The Bertz CT molecular complexity index is 487. The minimum Gasteiger partial charge on any atom is -0.493 e. The van der Waals surface area contributed by atoms with Gasteiger partial charge in [0, 0.05) is 13.0 Å². The highest BCUT2D eigenvalue weighted by molar-refractivity contribution is 6.00. The van der Waals surface area contributed by atoms with E-state index in [9.17, 15) is 9.59 Å². The largest absolute Gasteiger partial charge is 0.493 e. The van der Waals surface area contributed by atoms with Gasteiger partial charge in [0.25, 0.3) is 0 Å². The summed E-state index contributed by atoms with van der Waals surface area (Å²) in [5.74, 6) is -1.17. The molecule has 18 heavy (non-hydrogen) atoms. The molecule has 0 saturated carbocycles. The fourth-order valence-electron chi connectivity index (χ4n) is 1.76. The maximum absolute atomic E-state index is 11.3. The molecule has 2 rings (SSSR count). The topological polar surface area (TPSA) is 102 Å². The molecule has 1 aliphatic rings. The Morgan fingerprint density at radius 1 is 1.50 bits per heavy atom. The van der Waals surface area contributed by atoms with E-state index in [1.54, 1.807) is 0 Å². The summed E-state index contributed by atoms with van der Waals surface area (Å²) in [5.41, 5.74) is 7.18. The summed E-state index contributed by atoms with van der Waals surface area (Å²) in [7, 11) is 0. The predicted molar refractivity (Wildman–Crippen MR) is 63.1 cm³/mol. The zero-order valence-electron chi connectivity index (χ0n) is 9.68. The molecule has 1 aliphatic heterocycles. The van der Waals surface area contributed by atoms with Gasteiger partial charge in [-0.3, -0.25) is 4.79 Å². The van der Waals surface area contributed by atoms with Gasteiger partial charge in [-0.15, -0.1) is 0 Å². The van der Waals surface area contributed by atoms with Gasteiger partial charge < -0.3 is 20.9 Å². The van der Waals surface area contributed by atoms with Crippen LogP contribution >= 0.6 is 0 Å². The molecule has 0 spiro atoms. The number of benzene rings is 1. The van der Waals surface area contributed by atoms with Crippen LogP contribution in [0.3, 0.4) is 0 Å². The van der Waals surface area contributed by atoms with Crippen LogP contribution in [0.4, 0.5) is 0 Å². The number of aliphatic carboxylic acids is 1. The molecule has 6 nitrogen and oxygen atoms in total. The number of ether oxygens (including phenoxy) is 1. The van der Waals surface area contributed by atoms with Crippen LogP contribution < -0.4 is 15.8 Å². The summed E-state index contributed by atoms with van der Waals surface area (Å²) in [5, 5.41) is 11.1. The number of rotatable bonds is 4. The van der Waals surface area contributed by atoms with Crippen molar-refractivity contribution in [2.75, 3.05) is 6.61 Å². The lowest BCUT2D eigenvalue weighted by molar-refractivity contribution is -0.142. The third-order valence-electron chi connectivity index (χ3n) is 2.77. The van der Waals surface area contributed by atoms with Crippen molar-refractivity contribution in [3.05, 3.63) is 29.3 Å².